The molecular formula is C29H28F6O7. The van der Waals surface area contributed by atoms with E-state index in [4.69, 9.17) is 18.6 Å². The number of rotatable bonds is 8. The second-order valence-corrected chi connectivity index (χ2v) is 10.6. The fourth-order valence-corrected chi connectivity index (χ4v) is 4.96. The van der Waals surface area contributed by atoms with Gasteiger partial charge in [0.2, 0.25) is 0 Å². The largest absolute Gasteiger partial charge is 0.573 e. The summed E-state index contributed by atoms with van der Waals surface area (Å²) in [5.74, 6) is -1.50. The van der Waals surface area contributed by atoms with Gasteiger partial charge in [0, 0.05) is 29.5 Å². The van der Waals surface area contributed by atoms with Crippen molar-refractivity contribution in [2.75, 3.05) is 7.11 Å². The Morgan fingerprint density at radius 2 is 1.64 bits per heavy atom. The Kier molecular flexibility index (Phi) is 8.43. The molecule has 3 unspecified atom stereocenters. The molecule has 1 saturated carbocycles. The number of ether oxygens (including phenoxy) is 4. The number of methoxy groups -OCH3 is 1. The first-order valence-electron chi connectivity index (χ1n) is 13.0. The topological polar surface area (TPSA) is 84.2 Å². The van der Waals surface area contributed by atoms with Gasteiger partial charge in [-0.2, -0.15) is 13.2 Å². The molecule has 0 radical (unpaired) electrons. The minimum Gasteiger partial charge on any atom is -0.497 e. The Morgan fingerprint density at radius 3 is 2.26 bits per heavy atom. The molecule has 228 valence electrons. The first-order chi connectivity index (χ1) is 19.5. The fourth-order valence-electron chi connectivity index (χ4n) is 4.96. The number of carbonyl (C=O) groups excluding carboxylic acids is 1. The van der Waals surface area contributed by atoms with E-state index in [1.165, 1.54) is 43.5 Å². The standard InChI is InChI=1S/C29H28F6O7/c1-15(2)11-25(36)41-24-10-9-23(27(24,3)28(30,31)32)39-18-6-5-16-12-20(26(37)40-21(16)14-18)19-8-7-17(38-4)13-22(19)42-29(33,34)35/h5-8,12-15,23-24H,9-11H2,1-4H3. The highest BCUT2D eigenvalue weighted by atomic mass is 19.4. The lowest BCUT2D eigenvalue weighted by Crippen LogP contribution is -2.51. The van der Waals surface area contributed by atoms with Crippen LogP contribution in [0.5, 0.6) is 17.2 Å². The maximum absolute atomic E-state index is 14.3. The third-order valence-electron chi connectivity index (χ3n) is 7.18. The number of alkyl halides is 6. The quantitative estimate of drug-likeness (QED) is 0.151. The minimum absolute atomic E-state index is 0.0258. The van der Waals surface area contributed by atoms with Gasteiger partial charge >= 0.3 is 24.1 Å². The molecule has 0 aliphatic heterocycles. The van der Waals surface area contributed by atoms with Gasteiger partial charge in [-0.05, 0) is 56.0 Å². The van der Waals surface area contributed by atoms with Crippen molar-refractivity contribution in [3.05, 3.63) is 52.9 Å². The molecule has 1 heterocycles. The highest BCUT2D eigenvalue weighted by Gasteiger charge is 2.66. The maximum Gasteiger partial charge on any atom is 0.573 e. The van der Waals surface area contributed by atoms with Crippen LogP contribution >= 0.6 is 0 Å². The van der Waals surface area contributed by atoms with Crippen LogP contribution in [0.1, 0.15) is 40.0 Å². The third kappa shape index (κ3) is 6.44. The van der Waals surface area contributed by atoms with Crippen molar-refractivity contribution in [3.8, 4) is 28.4 Å². The molecular weight excluding hydrogens is 574 g/mol. The molecule has 0 saturated heterocycles. The van der Waals surface area contributed by atoms with E-state index in [-0.39, 0.29) is 58.8 Å². The second kappa shape index (κ2) is 11.4. The summed E-state index contributed by atoms with van der Waals surface area (Å²) in [5, 5.41) is 0.260. The van der Waals surface area contributed by atoms with Crippen LogP contribution in [-0.4, -0.2) is 37.8 Å². The van der Waals surface area contributed by atoms with Crippen LogP contribution in [0, 0.1) is 11.3 Å². The molecule has 3 aromatic rings. The van der Waals surface area contributed by atoms with Gasteiger partial charge in [0.1, 0.15) is 40.5 Å². The highest BCUT2D eigenvalue weighted by molar-refractivity contribution is 5.84. The smallest absolute Gasteiger partial charge is 0.497 e. The number of benzene rings is 2. The summed E-state index contributed by atoms with van der Waals surface area (Å²) < 4.78 is 107. The Hall–Kier alpha value is -3.90. The van der Waals surface area contributed by atoms with Gasteiger partial charge in [0.05, 0.1) is 12.7 Å². The average molecular weight is 603 g/mol. The molecule has 0 amide bonds. The molecule has 13 heteroatoms. The normalized spacial score (nSPS) is 21.0. The summed E-state index contributed by atoms with van der Waals surface area (Å²) in [6.07, 6.45) is -12.9. The van der Waals surface area contributed by atoms with Gasteiger partial charge in [-0.25, -0.2) is 4.79 Å². The minimum atomic E-state index is -5.05. The number of fused-ring (bicyclic) bond motifs is 1. The van der Waals surface area contributed by atoms with Gasteiger partial charge in [0.25, 0.3) is 0 Å². The van der Waals surface area contributed by atoms with E-state index >= 15 is 0 Å². The van der Waals surface area contributed by atoms with Gasteiger partial charge in [0.15, 0.2) is 0 Å². The summed E-state index contributed by atoms with van der Waals surface area (Å²) in [5.41, 5.74) is -4.06. The number of carbonyl (C=O) groups is 1. The van der Waals surface area contributed by atoms with Crippen molar-refractivity contribution >= 4 is 16.9 Å². The van der Waals surface area contributed by atoms with Crippen LogP contribution in [-0.2, 0) is 9.53 Å². The van der Waals surface area contributed by atoms with Crippen molar-refractivity contribution in [1.29, 1.82) is 0 Å². The Balaban J connectivity index is 1.65. The van der Waals surface area contributed by atoms with E-state index in [1.807, 2.05) is 0 Å². The lowest BCUT2D eigenvalue weighted by molar-refractivity contribution is -0.274. The lowest BCUT2D eigenvalue weighted by atomic mass is 9.83. The maximum atomic E-state index is 14.3. The van der Waals surface area contributed by atoms with Crippen molar-refractivity contribution < 1.29 is 54.5 Å². The lowest BCUT2D eigenvalue weighted by Gasteiger charge is -2.37. The molecule has 3 atom stereocenters. The van der Waals surface area contributed by atoms with E-state index in [0.717, 1.165) is 13.0 Å². The van der Waals surface area contributed by atoms with Crippen LogP contribution < -0.4 is 19.8 Å². The Labute approximate surface area is 236 Å². The average Bonchev–Trinajstić information content (AvgIpc) is 3.18. The van der Waals surface area contributed by atoms with E-state index in [1.54, 1.807) is 13.8 Å². The van der Waals surface area contributed by atoms with E-state index in [9.17, 15) is 35.9 Å². The van der Waals surface area contributed by atoms with Crippen molar-refractivity contribution in [1.82, 2.24) is 0 Å². The summed E-state index contributed by atoms with van der Waals surface area (Å²) in [7, 11) is 1.25. The summed E-state index contributed by atoms with van der Waals surface area (Å²) >= 11 is 0. The molecule has 0 bridgehead atoms. The highest BCUT2D eigenvalue weighted by Crippen LogP contribution is 2.53. The molecule has 0 N–H and O–H groups in total. The molecule has 0 spiro atoms. The molecule has 2 aromatic carbocycles. The van der Waals surface area contributed by atoms with Gasteiger partial charge in [-0.3, -0.25) is 4.79 Å². The zero-order valence-corrected chi connectivity index (χ0v) is 23.0. The SMILES string of the molecule is COc1ccc(-c2cc3ccc(OC4CCC(OC(=O)CC(C)C)C4(C)C(F)(F)F)cc3oc2=O)c(OC(F)(F)F)c1. The summed E-state index contributed by atoms with van der Waals surface area (Å²) in [6, 6.07) is 8.75. The van der Waals surface area contributed by atoms with Gasteiger partial charge < -0.3 is 23.4 Å². The number of esters is 1. The molecule has 1 aliphatic carbocycles. The molecule has 7 nitrogen and oxygen atoms in total. The van der Waals surface area contributed by atoms with E-state index in [0.29, 0.717) is 0 Å². The van der Waals surface area contributed by atoms with E-state index < -0.39 is 47.5 Å². The van der Waals surface area contributed by atoms with Crippen LogP contribution in [0.15, 0.2) is 51.7 Å². The first-order valence-corrected chi connectivity index (χ1v) is 13.0. The van der Waals surface area contributed by atoms with E-state index in [2.05, 4.69) is 4.74 Å². The predicted octanol–water partition coefficient (Wildman–Crippen LogP) is 7.43. The van der Waals surface area contributed by atoms with Crippen LogP contribution in [0.3, 0.4) is 0 Å². The number of hydrogen-bond acceptors (Lipinski definition) is 7. The zero-order chi connectivity index (χ0) is 31.0. The fraction of sp³-hybridized carbons (Fsp3) is 0.448. The number of hydrogen-bond donors (Lipinski definition) is 0. The second-order valence-electron chi connectivity index (χ2n) is 10.6. The predicted molar refractivity (Wildman–Crippen MR) is 138 cm³/mol. The molecule has 4 rings (SSSR count). The third-order valence-corrected chi connectivity index (χ3v) is 7.18. The van der Waals surface area contributed by atoms with Crippen molar-refractivity contribution in [3.63, 3.8) is 0 Å². The molecule has 1 aliphatic rings. The molecule has 1 fully saturated rings. The van der Waals surface area contributed by atoms with Crippen LogP contribution in [0.4, 0.5) is 26.3 Å². The number of halogens is 6. The monoisotopic (exact) mass is 602 g/mol. The van der Waals surface area contributed by atoms with Crippen molar-refractivity contribution in [2.24, 2.45) is 11.3 Å². The van der Waals surface area contributed by atoms with Gasteiger partial charge in [-0.15, -0.1) is 13.2 Å². The summed E-state index contributed by atoms with van der Waals surface area (Å²) in [4.78, 5) is 25.0. The molecule has 42 heavy (non-hydrogen) atoms. The Bertz CT molecular complexity index is 1510. The molecule has 1 aromatic heterocycles. The van der Waals surface area contributed by atoms with Gasteiger partial charge in [-0.1, -0.05) is 13.8 Å². The Morgan fingerprint density at radius 1 is 0.976 bits per heavy atom. The van der Waals surface area contributed by atoms with Crippen LogP contribution in [0.2, 0.25) is 0 Å². The summed E-state index contributed by atoms with van der Waals surface area (Å²) in [6.45, 7) is 4.44. The zero-order valence-electron chi connectivity index (χ0n) is 23.0. The van der Waals surface area contributed by atoms with Crippen molar-refractivity contribution in [2.45, 2.75) is 64.8 Å². The van der Waals surface area contributed by atoms with Crippen LogP contribution in [0.25, 0.3) is 22.1 Å². The first kappa shape index (κ1) is 31.0.